The Morgan fingerprint density at radius 3 is 2.46 bits per heavy atom. The lowest BCUT2D eigenvalue weighted by molar-refractivity contribution is -0.153. The molecule has 0 aromatic heterocycles. The van der Waals surface area contributed by atoms with Crippen molar-refractivity contribution in [3.05, 3.63) is 59.6 Å². The van der Waals surface area contributed by atoms with Crippen molar-refractivity contribution in [1.82, 2.24) is 0 Å². The average molecular weight is 348 g/mol. The van der Waals surface area contributed by atoms with Gasteiger partial charge in [0.2, 0.25) is 0 Å². The number of nitrogens with one attached hydrogen (secondary N) is 1. The lowest BCUT2D eigenvalue weighted by atomic mass is 10.3. The van der Waals surface area contributed by atoms with Gasteiger partial charge < -0.3 is 14.8 Å². The third-order valence-electron chi connectivity index (χ3n) is 3.13. The van der Waals surface area contributed by atoms with E-state index in [2.05, 4.69) is 5.32 Å². The van der Waals surface area contributed by atoms with Crippen molar-refractivity contribution in [1.29, 1.82) is 0 Å². The van der Waals surface area contributed by atoms with Gasteiger partial charge in [-0.3, -0.25) is 9.59 Å². The van der Waals surface area contributed by atoms with Crippen LogP contribution in [-0.2, 0) is 14.3 Å². The Hall–Kier alpha value is -2.53. The predicted molar refractivity (Wildman–Crippen MR) is 92.2 cm³/mol. The molecule has 126 valence electrons. The summed E-state index contributed by atoms with van der Waals surface area (Å²) in [5.74, 6) is -0.275. The monoisotopic (exact) mass is 347 g/mol. The number of anilines is 1. The number of hydrogen-bond acceptors (Lipinski definition) is 4. The summed E-state index contributed by atoms with van der Waals surface area (Å²) < 4.78 is 10.5. The molecule has 0 aliphatic carbocycles. The molecule has 0 saturated heterocycles. The highest BCUT2D eigenvalue weighted by Crippen LogP contribution is 2.20. The Kier molecular flexibility index (Phi) is 6.63. The van der Waals surface area contributed by atoms with E-state index >= 15 is 0 Å². The van der Waals surface area contributed by atoms with Gasteiger partial charge in [-0.2, -0.15) is 0 Å². The van der Waals surface area contributed by atoms with Crippen molar-refractivity contribution in [3.63, 3.8) is 0 Å². The predicted octanol–water partition coefficient (Wildman–Crippen LogP) is 3.68. The molecule has 0 unspecified atom stereocenters. The normalized spacial score (nSPS) is 11.4. The Labute approximate surface area is 145 Å². The lowest BCUT2D eigenvalue weighted by Crippen LogP contribution is -2.30. The lowest BCUT2D eigenvalue weighted by Gasteiger charge is -2.14. The molecule has 0 heterocycles. The molecule has 5 nitrogen and oxygen atoms in total. The van der Waals surface area contributed by atoms with Gasteiger partial charge in [0.25, 0.3) is 5.91 Å². The topological polar surface area (TPSA) is 64.6 Å². The molecule has 2 aromatic rings. The fraction of sp³-hybridized carbons (Fsp3) is 0.222. The van der Waals surface area contributed by atoms with Crippen LogP contribution >= 0.6 is 11.6 Å². The van der Waals surface area contributed by atoms with Crippen LogP contribution in [0.3, 0.4) is 0 Å². The van der Waals surface area contributed by atoms with E-state index in [1.165, 1.54) is 6.92 Å². The second-order valence-corrected chi connectivity index (χ2v) is 5.42. The van der Waals surface area contributed by atoms with E-state index < -0.39 is 18.0 Å². The van der Waals surface area contributed by atoms with Gasteiger partial charge in [0.05, 0.1) is 23.7 Å². The molecule has 0 fully saturated rings. The molecule has 0 aliphatic heterocycles. The number of benzene rings is 2. The third kappa shape index (κ3) is 5.59. The molecule has 2 aromatic carbocycles. The van der Waals surface area contributed by atoms with E-state index in [4.69, 9.17) is 21.1 Å². The number of ether oxygens (including phenoxy) is 2. The molecular formula is C18H18ClNO4. The number of para-hydroxylation sites is 2. The minimum Gasteiger partial charge on any atom is -0.493 e. The molecule has 1 amide bonds. The summed E-state index contributed by atoms with van der Waals surface area (Å²) in [7, 11) is 0. The number of hydrogen-bond donors (Lipinski definition) is 1. The highest BCUT2D eigenvalue weighted by atomic mass is 35.5. The maximum atomic E-state index is 12.0. The van der Waals surface area contributed by atoms with Crippen LogP contribution in [0.4, 0.5) is 5.69 Å². The number of rotatable bonds is 7. The largest absolute Gasteiger partial charge is 0.493 e. The number of carbonyl (C=O) groups is 2. The van der Waals surface area contributed by atoms with Gasteiger partial charge in [-0.15, -0.1) is 0 Å². The first-order chi connectivity index (χ1) is 11.6. The molecular weight excluding hydrogens is 330 g/mol. The van der Waals surface area contributed by atoms with Gasteiger partial charge in [0, 0.05) is 0 Å². The van der Waals surface area contributed by atoms with Gasteiger partial charge in [-0.05, 0) is 31.2 Å². The molecule has 0 bridgehead atoms. The Morgan fingerprint density at radius 1 is 1.08 bits per heavy atom. The van der Waals surface area contributed by atoms with Gasteiger partial charge in [0.15, 0.2) is 6.10 Å². The Morgan fingerprint density at radius 2 is 1.75 bits per heavy atom. The Balaban J connectivity index is 1.74. The van der Waals surface area contributed by atoms with E-state index in [1.54, 1.807) is 36.4 Å². The van der Waals surface area contributed by atoms with Crippen molar-refractivity contribution < 1.29 is 19.1 Å². The zero-order valence-corrected chi connectivity index (χ0v) is 14.0. The number of esters is 1. The first-order valence-corrected chi connectivity index (χ1v) is 7.87. The van der Waals surface area contributed by atoms with E-state index in [0.29, 0.717) is 16.5 Å². The molecule has 0 saturated carbocycles. The van der Waals surface area contributed by atoms with Crippen LogP contribution < -0.4 is 10.1 Å². The van der Waals surface area contributed by atoms with E-state index in [9.17, 15) is 9.59 Å². The summed E-state index contributed by atoms with van der Waals surface area (Å²) in [5.41, 5.74) is 0.472. The summed E-state index contributed by atoms with van der Waals surface area (Å²) >= 11 is 5.97. The van der Waals surface area contributed by atoms with Crippen LogP contribution in [0.5, 0.6) is 5.75 Å². The van der Waals surface area contributed by atoms with Crippen molar-refractivity contribution in [2.75, 3.05) is 11.9 Å². The Bertz CT molecular complexity index is 690. The fourth-order valence-electron chi connectivity index (χ4n) is 1.88. The number of halogens is 1. The van der Waals surface area contributed by atoms with Crippen LogP contribution in [0.15, 0.2) is 54.6 Å². The SMILES string of the molecule is C[C@@H](OC(=O)CCOc1ccccc1)C(=O)Nc1ccccc1Cl. The summed E-state index contributed by atoms with van der Waals surface area (Å²) in [4.78, 5) is 23.8. The molecule has 2 rings (SSSR count). The molecule has 1 N–H and O–H groups in total. The van der Waals surface area contributed by atoms with Crippen LogP contribution in [0.1, 0.15) is 13.3 Å². The molecule has 6 heteroatoms. The summed E-state index contributed by atoms with van der Waals surface area (Å²) in [6, 6.07) is 16.0. The third-order valence-corrected chi connectivity index (χ3v) is 3.46. The first-order valence-electron chi connectivity index (χ1n) is 7.49. The fourth-order valence-corrected chi connectivity index (χ4v) is 2.06. The quantitative estimate of drug-likeness (QED) is 0.776. The zero-order valence-electron chi connectivity index (χ0n) is 13.2. The number of carbonyl (C=O) groups excluding carboxylic acids is 2. The van der Waals surface area contributed by atoms with Crippen LogP contribution in [0.25, 0.3) is 0 Å². The van der Waals surface area contributed by atoms with Crippen molar-refractivity contribution in [2.45, 2.75) is 19.4 Å². The molecule has 1 atom stereocenters. The van der Waals surface area contributed by atoms with Crippen molar-refractivity contribution >= 4 is 29.2 Å². The van der Waals surface area contributed by atoms with Gasteiger partial charge in [-0.25, -0.2) is 0 Å². The molecule has 0 spiro atoms. The van der Waals surface area contributed by atoms with Crippen LogP contribution in [0, 0.1) is 0 Å². The van der Waals surface area contributed by atoms with Crippen molar-refractivity contribution in [2.24, 2.45) is 0 Å². The van der Waals surface area contributed by atoms with E-state index in [0.717, 1.165) is 0 Å². The summed E-state index contributed by atoms with van der Waals surface area (Å²) in [5, 5.41) is 3.04. The second-order valence-electron chi connectivity index (χ2n) is 5.01. The van der Waals surface area contributed by atoms with Gasteiger partial charge >= 0.3 is 5.97 Å². The summed E-state index contributed by atoms with van der Waals surface area (Å²) in [6.07, 6.45) is -0.871. The molecule has 0 radical (unpaired) electrons. The zero-order chi connectivity index (χ0) is 17.4. The minimum atomic E-state index is -0.925. The van der Waals surface area contributed by atoms with Gasteiger partial charge in [-0.1, -0.05) is 41.9 Å². The maximum absolute atomic E-state index is 12.0. The smallest absolute Gasteiger partial charge is 0.310 e. The van der Waals surface area contributed by atoms with Crippen LogP contribution in [-0.4, -0.2) is 24.6 Å². The molecule has 24 heavy (non-hydrogen) atoms. The molecule has 0 aliphatic rings. The van der Waals surface area contributed by atoms with E-state index in [-0.39, 0.29) is 13.0 Å². The average Bonchev–Trinajstić information content (AvgIpc) is 2.57. The highest BCUT2D eigenvalue weighted by Gasteiger charge is 2.18. The van der Waals surface area contributed by atoms with E-state index in [1.807, 2.05) is 18.2 Å². The van der Waals surface area contributed by atoms with Crippen LogP contribution in [0.2, 0.25) is 5.02 Å². The standard InChI is InChI=1S/C18H18ClNO4/c1-13(18(22)20-16-10-6-5-9-15(16)19)24-17(21)11-12-23-14-7-3-2-4-8-14/h2-10,13H,11-12H2,1H3,(H,20,22)/t13-/m1/s1. The van der Waals surface area contributed by atoms with Gasteiger partial charge in [0.1, 0.15) is 5.75 Å². The minimum absolute atomic E-state index is 0.0542. The highest BCUT2D eigenvalue weighted by molar-refractivity contribution is 6.33. The maximum Gasteiger partial charge on any atom is 0.310 e. The number of amides is 1. The first kappa shape index (κ1) is 17.8. The second kappa shape index (κ2) is 8.93. The summed E-state index contributed by atoms with van der Waals surface area (Å²) in [6.45, 7) is 1.68. The van der Waals surface area contributed by atoms with Crippen molar-refractivity contribution in [3.8, 4) is 5.75 Å².